The molecule has 2 aliphatic rings. The van der Waals surface area contributed by atoms with E-state index in [1.807, 2.05) is 0 Å². The number of carbonyl (C=O) groups is 1. The van der Waals surface area contributed by atoms with Crippen LogP contribution in [-0.4, -0.2) is 43.4 Å². The fraction of sp³-hybridized carbons (Fsp3) is 0.684. The number of aromatic nitrogens is 1. The van der Waals surface area contributed by atoms with Crippen molar-refractivity contribution in [2.24, 2.45) is 5.92 Å². The molecule has 2 atom stereocenters. The zero-order chi connectivity index (χ0) is 20.2. The zero-order valence-electron chi connectivity index (χ0n) is 16.2. The minimum atomic E-state index is -3.71. The monoisotopic (exact) mass is 410 g/mol. The Hall–Kier alpha value is -1.89. The standard InChI is InChI=1S/C19H26N2O6S/c1-19(28(2,23)24,18(22)21-27-17-5-3-4-12-25-17)11-10-15-13-16(26-20-15)9-8-14-6-7-14/h13-14,17H,3-7,10-12H2,1-2H3,(H,21,22)/t17?,19-/m1/s1. The maximum Gasteiger partial charge on any atom is 0.264 e. The predicted octanol–water partition coefficient (Wildman–Crippen LogP) is 1.75. The number of carbonyl (C=O) groups excluding carboxylic acids is 1. The van der Waals surface area contributed by atoms with Crippen LogP contribution in [0, 0.1) is 17.8 Å². The summed E-state index contributed by atoms with van der Waals surface area (Å²) in [5.74, 6) is 6.17. The summed E-state index contributed by atoms with van der Waals surface area (Å²) in [6, 6.07) is 1.68. The van der Waals surface area contributed by atoms with Crippen molar-refractivity contribution in [1.82, 2.24) is 10.6 Å². The number of nitrogens with zero attached hydrogens (tertiary/aromatic N) is 1. The third-order valence-corrected chi connectivity index (χ3v) is 7.14. The lowest BCUT2D eigenvalue weighted by Crippen LogP contribution is -2.51. The van der Waals surface area contributed by atoms with Gasteiger partial charge in [-0.3, -0.25) is 4.79 Å². The molecule has 2 heterocycles. The molecule has 0 spiro atoms. The molecule has 1 unspecified atom stereocenters. The van der Waals surface area contributed by atoms with Gasteiger partial charge in [-0.05, 0) is 51.4 Å². The second-order valence-corrected chi connectivity index (χ2v) is 10.0. The second kappa shape index (κ2) is 8.64. The van der Waals surface area contributed by atoms with Gasteiger partial charge in [0.15, 0.2) is 16.1 Å². The van der Waals surface area contributed by atoms with Gasteiger partial charge >= 0.3 is 0 Å². The fourth-order valence-corrected chi connectivity index (χ4v) is 3.61. The Morgan fingerprint density at radius 3 is 2.82 bits per heavy atom. The lowest BCUT2D eigenvalue weighted by molar-refractivity contribution is -0.201. The molecule has 1 aromatic heterocycles. The Kier molecular flexibility index (Phi) is 6.43. The van der Waals surface area contributed by atoms with Gasteiger partial charge in [0, 0.05) is 31.3 Å². The van der Waals surface area contributed by atoms with Crippen LogP contribution < -0.4 is 5.48 Å². The summed E-state index contributed by atoms with van der Waals surface area (Å²) in [5, 5.41) is 3.92. The number of ether oxygens (including phenoxy) is 1. The zero-order valence-corrected chi connectivity index (χ0v) is 17.0. The summed E-state index contributed by atoms with van der Waals surface area (Å²) in [6.07, 6.45) is 5.54. The number of hydrogen-bond acceptors (Lipinski definition) is 7. The molecule has 1 aliphatic carbocycles. The Balaban J connectivity index is 1.60. The van der Waals surface area contributed by atoms with Gasteiger partial charge in [-0.25, -0.2) is 18.7 Å². The first-order valence-corrected chi connectivity index (χ1v) is 11.4. The van der Waals surface area contributed by atoms with E-state index in [-0.39, 0.29) is 12.8 Å². The smallest absolute Gasteiger partial charge is 0.264 e. The van der Waals surface area contributed by atoms with Crippen molar-refractivity contribution in [2.45, 2.75) is 62.9 Å². The normalized spacial score (nSPS) is 22.0. The predicted molar refractivity (Wildman–Crippen MR) is 100 cm³/mol. The lowest BCUT2D eigenvalue weighted by atomic mass is 10.0. The van der Waals surface area contributed by atoms with Crippen LogP contribution in [0.4, 0.5) is 0 Å². The average Bonchev–Trinajstić information content (AvgIpc) is 3.39. The van der Waals surface area contributed by atoms with Gasteiger partial charge in [0.05, 0.1) is 5.69 Å². The molecule has 154 valence electrons. The van der Waals surface area contributed by atoms with E-state index < -0.39 is 26.8 Å². The van der Waals surface area contributed by atoms with Gasteiger partial charge in [0.2, 0.25) is 5.76 Å². The molecule has 0 aromatic carbocycles. The minimum Gasteiger partial charge on any atom is -0.350 e. The largest absolute Gasteiger partial charge is 0.350 e. The molecule has 1 N–H and O–H groups in total. The molecule has 2 fully saturated rings. The highest BCUT2D eigenvalue weighted by Gasteiger charge is 2.44. The van der Waals surface area contributed by atoms with Crippen LogP contribution in [0.2, 0.25) is 0 Å². The molecule has 1 saturated heterocycles. The van der Waals surface area contributed by atoms with E-state index in [4.69, 9.17) is 14.1 Å². The van der Waals surface area contributed by atoms with E-state index in [1.165, 1.54) is 6.92 Å². The van der Waals surface area contributed by atoms with Crippen LogP contribution in [0.25, 0.3) is 0 Å². The Morgan fingerprint density at radius 1 is 1.39 bits per heavy atom. The first kappa shape index (κ1) is 20.8. The Morgan fingerprint density at radius 2 is 2.18 bits per heavy atom. The van der Waals surface area contributed by atoms with Crippen LogP contribution in [0.3, 0.4) is 0 Å². The van der Waals surface area contributed by atoms with Crippen molar-refractivity contribution in [3.63, 3.8) is 0 Å². The lowest BCUT2D eigenvalue weighted by Gasteiger charge is -2.28. The van der Waals surface area contributed by atoms with Gasteiger partial charge in [-0.1, -0.05) is 11.1 Å². The van der Waals surface area contributed by atoms with Gasteiger partial charge in [0.25, 0.3) is 5.91 Å². The first-order valence-electron chi connectivity index (χ1n) is 9.52. The van der Waals surface area contributed by atoms with E-state index in [9.17, 15) is 13.2 Å². The van der Waals surface area contributed by atoms with Crippen LogP contribution in [0.15, 0.2) is 10.6 Å². The van der Waals surface area contributed by atoms with E-state index in [0.717, 1.165) is 31.9 Å². The highest BCUT2D eigenvalue weighted by Crippen LogP contribution is 2.28. The number of nitrogens with one attached hydrogen (secondary N) is 1. The number of sulfone groups is 1. The van der Waals surface area contributed by atoms with Crippen LogP contribution in [-0.2, 0) is 30.6 Å². The van der Waals surface area contributed by atoms with Crippen molar-refractivity contribution >= 4 is 15.7 Å². The molecule has 9 heteroatoms. The maximum atomic E-state index is 12.6. The molecule has 1 aliphatic heterocycles. The minimum absolute atomic E-state index is 0.0363. The third-order valence-electron chi connectivity index (χ3n) is 5.11. The number of aryl methyl sites for hydroxylation is 1. The van der Waals surface area contributed by atoms with Gasteiger partial charge < -0.3 is 9.26 Å². The summed E-state index contributed by atoms with van der Waals surface area (Å²) in [7, 11) is -3.71. The topological polar surface area (TPSA) is 108 Å². The van der Waals surface area contributed by atoms with E-state index >= 15 is 0 Å². The summed E-state index contributed by atoms with van der Waals surface area (Å²) in [5.41, 5.74) is 2.83. The summed E-state index contributed by atoms with van der Waals surface area (Å²) in [4.78, 5) is 17.9. The molecule has 1 aromatic rings. The summed E-state index contributed by atoms with van der Waals surface area (Å²) < 4.78 is 33.6. The molecule has 8 nitrogen and oxygen atoms in total. The number of rotatable bonds is 7. The van der Waals surface area contributed by atoms with E-state index in [1.54, 1.807) is 6.07 Å². The SMILES string of the molecule is C[C@@](CCc1cc(C#CC2CC2)on1)(C(=O)NOC1CCCCO1)S(C)(=O)=O. The highest BCUT2D eigenvalue weighted by molar-refractivity contribution is 7.92. The molecule has 1 amide bonds. The van der Waals surface area contributed by atoms with Crippen molar-refractivity contribution in [1.29, 1.82) is 0 Å². The second-order valence-electron chi connectivity index (χ2n) is 7.57. The number of hydrogen-bond donors (Lipinski definition) is 1. The molecular formula is C19H26N2O6S. The van der Waals surface area contributed by atoms with Gasteiger partial charge in [0.1, 0.15) is 4.75 Å². The first-order chi connectivity index (χ1) is 13.3. The van der Waals surface area contributed by atoms with Crippen LogP contribution in [0.1, 0.15) is 56.9 Å². The summed E-state index contributed by atoms with van der Waals surface area (Å²) >= 11 is 0. The number of amides is 1. The fourth-order valence-electron chi connectivity index (χ4n) is 2.75. The number of hydroxylamine groups is 1. The van der Waals surface area contributed by atoms with Crippen LogP contribution >= 0.6 is 0 Å². The van der Waals surface area contributed by atoms with Crippen molar-refractivity contribution in [2.75, 3.05) is 12.9 Å². The maximum absolute atomic E-state index is 12.6. The van der Waals surface area contributed by atoms with Gasteiger partial charge in [-0.15, -0.1) is 0 Å². The van der Waals surface area contributed by atoms with Crippen LogP contribution in [0.5, 0.6) is 0 Å². The Bertz CT molecular complexity index is 858. The highest BCUT2D eigenvalue weighted by atomic mass is 32.2. The van der Waals surface area contributed by atoms with Crippen molar-refractivity contribution in [3.05, 3.63) is 17.5 Å². The van der Waals surface area contributed by atoms with E-state index in [2.05, 4.69) is 22.5 Å². The third kappa shape index (κ3) is 5.34. The molecule has 28 heavy (non-hydrogen) atoms. The molecule has 0 bridgehead atoms. The van der Waals surface area contributed by atoms with Crippen molar-refractivity contribution < 1.29 is 27.3 Å². The molecule has 3 rings (SSSR count). The van der Waals surface area contributed by atoms with Crippen molar-refractivity contribution in [3.8, 4) is 11.8 Å². The molecular weight excluding hydrogens is 384 g/mol. The average molecular weight is 410 g/mol. The summed E-state index contributed by atoms with van der Waals surface area (Å²) in [6.45, 7) is 1.94. The molecule has 1 saturated carbocycles. The Labute approximate surface area is 165 Å². The van der Waals surface area contributed by atoms with E-state index in [0.29, 0.717) is 30.4 Å². The quantitative estimate of drug-likeness (QED) is 0.539. The van der Waals surface area contributed by atoms with Gasteiger partial charge in [-0.2, -0.15) is 0 Å². The molecule has 0 radical (unpaired) electrons.